The number of anilines is 1. The van der Waals surface area contributed by atoms with Gasteiger partial charge < -0.3 is 4.90 Å². The van der Waals surface area contributed by atoms with Crippen LogP contribution in [0.15, 0.2) is 30.3 Å². The monoisotopic (exact) mass is 251 g/mol. The topological polar surface area (TPSA) is 57.0 Å². The minimum absolute atomic E-state index is 0.00218. The first-order valence-corrected chi connectivity index (χ1v) is 6.25. The Hall–Kier alpha value is -2.41. The van der Waals surface area contributed by atoms with E-state index >= 15 is 0 Å². The summed E-state index contributed by atoms with van der Waals surface area (Å²) in [6, 6.07) is 11.9. The van der Waals surface area contributed by atoms with Gasteiger partial charge in [-0.15, -0.1) is 0 Å². The third kappa shape index (κ3) is 1.93. The maximum absolute atomic E-state index is 12.0. The highest BCUT2D eigenvalue weighted by atomic mass is 16.2. The van der Waals surface area contributed by atoms with Crippen LogP contribution in [0.25, 0.3) is 10.9 Å². The minimum atomic E-state index is -0.215. The summed E-state index contributed by atoms with van der Waals surface area (Å²) in [6.07, 6.45) is 0.304. The largest absolute Gasteiger partial charge is 0.309 e. The Morgan fingerprint density at radius 3 is 2.95 bits per heavy atom. The number of benzene rings is 1. The van der Waals surface area contributed by atoms with Gasteiger partial charge in [0.1, 0.15) is 0 Å². The van der Waals surface area contributed by atoms with E-state index in [0.717, 1.165) is 22.3 Å². The Bertz CT molecular complexity index is 702. The van der Waals surface area contributed by atoms with Crippen LogP contribution in [-0.4, -0.2) is 17.4 Å². The van der Waals surface area contributed by atoms with E-state index in [1.54, 1.807) is 4.90 Å². The molecule has 2 aromatic rings. The molecule has 19 heavy (non-hydrogen) atoms. The lowest BCUT2D eigenvalue weighted by molar-refractivity contribution is -0.117. The lowest BCUT2D eigenvalue weighted by Gasteiger charge is -2.17. The Morgan fingerprint density at radius 1 is 1.37 bits per heavy atom. The molecule has 1 saturated heterocycles. The number of aryl methyl sites for hydroxylation is 1. The Balaban J connectivity index is 2.13. The molecule has 2 heterocycles. The van der Waals surface area contributed by atoms with Crippen LogP contribution in [0.2, 0.25) is 0 Å². The van der Waals surface area contributed by atoms with E-state index in [0.29, 0.717) is 13.0 Å². The molecule has 1 aromatic heterocycles. The summed E-state index contributed by atoms with van der Waals surface area (Å²) in [5, 5.41) is 9.97. The second kappa shape index (κ2) is 4.36. The van der Waals surface area contributed by atoms with Gasteiger partial charge >= 0.3 is 0 Å². The number of pyridine rings is 1. The molecule has 0 bridgehead atoms. The van der Waals surface area contributed by atoms with Crippen LogP contribution in [0.4, 0.5) is 5.69 Å². The number of nitrogens with zero attached hydrogens (tertiary/aromatic N) is 3. The maximum Gasteiger partial charge on any atom is 0.228 e. The SMILES string of the molecule is Cc1ccc2cccc(N3CC(C#N)CC3=O)c2n1. The van der Waals surface area contributed by atoms with Gasteiger partial charge in [-0.2, -0.15) is 5.26 Å². The van der Waals surface area contributed by atoms with E-state index in [1.807, 2.05) is 37.3 Å². The molecule has 4 heteroatoms. The second-order valence-corrected chi connectivity index (χ2v) is 4.84. The summed E-state index contributed by atoms with van der Waals surface area (Å²) in [4.78, 5) is 18.2. The standard InChI is InChI=1S/C15H13N3O/c1-10-5-6-12-3-2-4-13(15(12)17-10)18-9-11(8-16)7-14(18)19/h2-6,11H,7,9H2,1H3. The number of amides is 1. The molecule has 4 nitrogen and oxygen atoms in total. The molecule has 1 aromatic carbocycles. The fourth-order valence-corrected chi connectivity index (χ4v) is 2.47. The second-order valence-electron chi connectivity index (χ2n) is 4.84. The first-order chi connectivity index (χ1) is 9.19. The predicted octanol–water partition coefficient (Wildman–Crippen LogP) is 2.42. The molecular formula is C15H13N3O. The molecule has 1 atom stereocenters. The number of fused-ring (bicyclic) bond motifs is 1. The van der Waals surface area contributed by atoms with Crippen LogP contribution in [-0.2, 0) is 4.79 Å². The third-order valence-corrected chi connectivity index (χ3v) is 3.44. The van der Waals surface area contributed by atoms with E-state index in [1.165, 1.54) is 0 Å². The van der Waals surface area contributed by atoms with Crippen molar-refractivity contribution in [2.24, 2.45) is 5.92 Å². The van der Waals surface area contributed by atoms with Crippen LogP contribution in [0.3, 0.4) is 0 Å². The lowest BCUT2D eigenvalue weighted by Crippen LogP contribution is -2.24. The Morgan fingerprint density at radius 2 is 2.21 bits per heavy atom. The van der Waals surface area contributed by atoms with Crippen LogP contribution in [0, 0.1) is 24.2 Å². The van der Waals surface area contributed by atoms with Gasteiger partial charge in [-0.1, -0.05) is 18.2 Å². The van der Waals surface area contributed by atoms with Gasteiger partial charge in [-0.05, 0) is 19.1 Å². The van der Waals surface area contributed by atoms with Crippen molar-refractivity contribution in [3.8, 4) is 6.07 Å². The van der Waals surface area contributed by atoms with Gasteiger partial charge in [0.2, 0.25) is 5.91 Å². The van der Waals surface area contributed by atoms with Gasteiger partial charge in [-0.25, -0.2) is 0 Å². The van der Waals surface area contributed by atoms with Gasteiger partial charge in [0.25, 0.3) is 0 Å². The number of carbonyl (C=O) groups excluding carboxylic acids is 1. The average molecular weight is 251 g/mol. The molecule has 0 spiro atoms. The van der Waals surface area contributed by atoms with Crippen molar-refractivity contribution in [2.75, 3.05) is 11.4 Å². The first-order valence-electron chi connectivity index (χ1n) is 6.25. The molecular weight excluding hydrogens is 238 g/mol. The summed E-state index contributed by atoms with van der Waals surface area (Å²) in [5.41, 5.74) is 2.56. The molecule has 0 radical (unpaired) electrons. The maximum atomic E-state index is 12.0. The van der Waals surface area contributed by atoms with E-state index in [-0.39, 0.29) is 11.8 Å². The number of hydrogen-bond acceptors (Lipinski definition) is 3. The van der Waals surface area contributed by atoms with Gasteiger partial charge in [-0.3, -0.25) is 9.78 Å². The summed E-state index contributed by atoms with van der Waals surface area (Å²) >= 11 is 0. The molecule has 1 unspecified atom stereocenters. The first kappa shape index (κ1) is 11.7. The lowest BCUT2D eigenvalue weighted by atomic mass is 10.1. The number of hydrogen-bond donors (Lipinski definition) is 0. The smallest absolute Gasteiger partial charge is 0.228 e. The summed E-state index contributed by atoms with van der Waals surface area (Å²) in [6.45, 7) is 2.39. The van der Waals surface area contributed by atoms with Crippen molar-refractivity contribution in [3.63, 3.8) is 0 Å². The zero-order chi connectivity index (χ0) is 13.4. The fourth-order valence-electron chi connectivity index (χ4n) is 2.47. The molecule has 0 saturated carbocycles. The van der Waals surface area contributed by atoms with E-state index in [9.17, 15) is 4.79 Å². The normalized spacial score (nSPS) is 18.8. The van der Waals surface area contributed by atoms with E-state index < -0.39 is 0 Å². The zero-order valence-electron chi connectivity index (χ0n) is 10.6. The van der Waals surface area contributed by atoms with Crippen molar-refractivity contribution in [1.82, 2.24) is 4.98 Å². The number of para-hydroxylation sites is 1. The highest BCUT2D eigenvalue weighted by molar-refractivity contribution is 6.03. The Labute approximate surface area is 111 Å². The number of rotatable bonds is 1. The highest BCUT2D eigenvalue weighted by Gasteiger charge is 2.31. The van der Waals surface area contributed by atoms with Crippen LogP contribution >= 0.6 is 0 Å². The van der Waals surface area contributed by atoms with Gasteiger partial charge in [0, 0.05) is 24.0 Å². The van der Waals surface area contributed by atoms with Crippen molar-refractivity contribution >= 4 is 22.5 Å². The molecule has 3 rings (SSSR count). The number of aromatic nitrogens is 1. The quantitative estimate of drug-likeness (QED) is 0.782. The average Bonchev–Trinajstić information content (AvgIpc) is 2.79. The molecule has 1 aliphatic rings. The van der Waals surface area contributed by atoms with Crippen LogP contribution in [0.1, 0.15) is 12.1 Å². The van der Waals surface area contributed by atoms with Crippen molar-refractivity contribution in [1.29, 1.82) is 5.26 Å². The molecule has 1 aliphatic heterocycles. The minimum Gasteiger partial charge on any atom is -0.309 e. The summed E-state index contributed by atoms with van der Waals surface area (Å²) in [7, 11) is 0. The molecule has 0 aliphatic carbocycles. The number of carbonyl (C=O) groups is 1. The molecule has 1 amide bonds. The predicted molar refractivity (Wildman–Crippen MR) is 72.6 cm³/mol. The summed E-state index contributed by atoms with van der Waals surface area (Å²) in [5.74, 6) is -0.213. The molecule has 0 N–H and O–H groups in total. The van der Waals surface area contributed by atoms with Crippen LogP contribution < -0.4 is 4.90 Å². The highest BCUT2D eigenvalue weighted by Crippen LogP contribution is 2.30. The van der Waals surface area contributed by atoms with E-state index in [4.69, 9.17) is 5.26 Å². The van der Waals surface area contributed by atoms with Gasteiger partial charge in [0.15, 0.2) is 0 Å². The Kier molecular flexibility index (Phi) is 2.68. The van der Waals surface area contributed by atoms with Crippen LogP contribution in [0.5, 0.6) is 0 Å². The number of nitriles is 1. The van der Waals surface area contributed by atoms with Gasteiger partial charge in [0.05, 0.1) is 23.2 Å². The zero-order valence-corrected chi connectivity index (χ0v) is 10.6. The summed E-state index contributed by atoms with van der Waals surface area (Å²) < 4.78 is 0. The molecule has 1 fully saturated rings. The van der Waals surface area contributed by atoms with Crippen molar-refractivity contribution in [3.05, 3.63) is 36.0 Å². The van der Waals surface area contributed by atoms with Crippen molar-refractivity contribution < 1.29 is 4.79 Å². The third-order valence-electron chi connectivity index (χ3n) is 3.44. The van der Waals surface area contributed by atoms with Crippen molar-refractivity contribution in [2.45, 2.75) is 13.3 Å². The fraction of sp³-hybridized carbons (Fsp3) is 0.267. The van der Waals surface area contributed by atoms with E-state index in [2.05, 4.69) is 11.1 Å². The molecule has 94 valence electrons.